The van der Waals surface area contributed by atoms with Crippen LogP contribution in [0.5, 0.6) is 5.75 Å². The van der Waals surface area contributed by atoms with E-state index in [1.165, 1.54) is 0 Å². The average Bonchev–Trinajstić information content (AvgIpc) is 2.84. The van der Waals surface area contributed by atoms with Crippen molar-refractivity contribution >= 4 is 29.2 Å². The Bertz CT molecular complexity index is 954. The van der Waals surface area contributed by atoms with E-state index >= 15 is 0 Å². The number of fused-ring (bicyclic) bond motifs is 2. The molecule has 0 unspecified atom stereocenters. The molecule has 1 amide bonds. The van der Waals surface area contributed by atoms with E-state index in [9.17, 15) is 4.79 Å². The van der Waals surface area contributed by atoms with Crippen molar-refractivity contribution in [3.63, 3.8) is 0 Å². The van der Waals surface area contributed by atoms with E-state index in [4.69, 9.17) is 10.5 Å². The Kier molecular flexibility index (Phi) is 3.54. The van der Waals surface area contributed by atoms with Crippen molar-refractivity contribution in [2.75, 3.05) is 24.4 Å². The summed E-state index contributed by atoms with van der Waals surface area (Å²) in [7, 11) is 3.34. The van der Waals surface area contributed by atoms with Crippen LogP contribution in [0.4, 0.5) is 11.4 Å². The summed E-state index contributed by atoms with van der Waals surface area (Å²) in [6.07, 6.45) is 0. The summed E-state index contributed by atoms with van der Waals surface area (Å²) in [5, 5.41) is 6.19. The molecular weight excluding hydrogens is 332 g/mol. The minimum atomic E-state index is -1.18. The molecule has 26 heavy (non-hydrogen) atoms. The predicted octanol–water partition coefficient (Wildman–Crippen LogP) is -2.63. The van der Waals surface area contributed by atoms with Crippen molar-refractivity contribution in [3.8, 4) is 5.75 Å². The van der Waals surface area contributed by atoms with Crippen molar-refractivity contribution in [1.29, 1.82) is 0 Å². The van der Waals surface area contributed by atoms with Gasteiger partial charge in [0.25, 0.3) is 0 Å². The highest BCUT2D eigenvalue weighted by Crippen LogP contribution is 2.32. The standard InChI is InChI=1S/C18H18N6O2/c1-24-13-9-5-3-7-11(13)18(15(24)25)22-16(19)21-17(23-18)20-12-8-4-6-10-14(12)26-2/h3-10H,1-2H3,(H4,19,20,21,22,23)/p+2/t18-/m1/s1. The van der Waals surface area contributed by atoms with Crippen molar-refractivity contribution in [2.45, 2.75) is 5.66 Å². The number of ether oxygens (including phenoxy) is 1. The third-order valence-electron chi connectivity index (χ3n) is 4.56. The quantitative estimate of drug-likeness (QED) is 0.407. The number of guanidine groups is 2. The molecule has 0 bridgehead atoms. The topological polar surface area (TPSA) is 108 Å². The highest BCUT2D eigenvalue weighted by molar-refractivity contribution is 6.08. The van der Waals surface area contributed by atoms with E-state index in [1.807, 2.05) is 48.5 Å². The Morgan fingerprint density at radius 3 is 2.69 bits per heavy atom. The number of nitrogens with zero attached hydrogens (tertiary/aromatic N) is 1. The molecule has 0 fully saturated rings. The molecule has 2 aliphatic rings. The van der Waals surface area contributed by atoms with Crippen LogP contribution < -0.4 is 36.0 Å². The van der Waals surface area contributed by atoms with E-state index < -0.39 is 5.66 Å². The SMILES string of the molecule is COc1ccccc1NC1=[NH+][C@@]2([NH+]=C(N)N1)C(=O)N(C)c1ccccc12. The lowest BCUT2D eigenvalue weighted by molar-refractivity contribution is -0.789. The number of hydrogen-bond acceptors (Lipinski definition) is 5. The predicted molar refractivity (Wildman–Crippen MR) is 97.4 cm³/mol. The molecule has 2 aromatic carbocycles. The molecule has 1 atom stereocenters. The van der Waals surface area contributed by atoms with E-state index in [0.29, 0.717) is 11.7 Å². The molecule has 132 valence electrons. The lowest BCUT2D eigenvalue weighted by atomic mass is 10.0. The Balaban J connectivity index is 1.80. The smallest absolute Gasteiger partial charge is 0.361 e. The zero-order valence-electron chi connectivity index (χ0n) is 14.5. The number of nitrogens with one attached hydrogen (secondary N) is 4. The summed E-state index contributed by atoms with van der Waals surface area (Å²) in [6.45, 7) is 0. The van der Waals surface area contributed by atoms with Crippen LogP contribution in [-0.2, 0) is 10.5 Å². The average molecular weight is 352 g/mol. The number of anilines is 2. The molecule has 0 radical (unpaired) electrons. The molecule has 8 heteroatoms. The summed E-state index contributed by atoms with van der Waals surface area (Å²) < 4.78 is 5.36. The number of likely N-dealkylation sites (N-methyl/N-ethyl adjacent to an activating group) is 1. The van der Waals surface area contributed by atoms with Gasteiger partial charge in [0.15, 0.2) is 5.75 Å². The summed E-state index contributed by atoms with van der Waals surface area (Å²) >= 11 is 0. The first-order valence-corrected chi connectivity index (χ1v) is 8.15. The van der Waals surface area contributed by atoms with Crippen molar-refractivity contribution in [3.05, 3.63) is 54.1 Å². The monoisotopic (exact) mass is 352 g/mol. The van der Waals surface area contributed by atoms with Gasteiger partial charge in [-0.15, -0.1) is 0 Å². The van der Waals surface area contributed by atoms with Gasteiger partial charge in [0.1, 0.15) is 5.69 Å². The van der Waals surface area contributed by atoms with E-state index in [2.05, 4.69) is 20.6 Å². The molecular formula is C18H20N6O2+2. The van der Waals surface area contributed by atoms with Crippen LogP contribution in [0, 0.1) is 0 Å². The zero-order chi connectivity index (χ0) is 18.3. The lowest BCUT2D eigenvalue weighted by Crippen LogP contribution is -3.14. The van der Waals surface area contributed by atoms with Gasteiger partial charge in [-0.2, -0.15) is 5.32 Å². The van der Waals surface area contributed by atoms with Gasteiger partial charge in [0.2, 0.25) is 0 Å². The summed E-state index contributed by atoms with van der Waals surface area (Å²) in [6, 6.07) is 15.1. The molecule has 0 saturated heterocycles. The number of methoxy groups -OCH3 is 1. The van der Waals surface area contributed by atoms with Gasteiger partial charge in [0.05, 0.1) is 18.4 Å². The van der Waals surface area contributed by atoms with Crippen molar-refractivity contribution in [2.24, 2.45) is 5.73 Å². The van der Waals surface area contributed by atoms with Crippen LogP contribution in [-0.4, -0.2) is 32.0 Å². The minimum Gasteiger partial charge on any atom is -0.493 e. The molecule has 2 aromatic rings. The maximum atomic E-state index is 13.0. The van der Waals surface area contributed by atoms with E-state index in [-0.39, 0.29) is 11.9 Å². The Hall–Kier alpha value is -3.55. The number of carbonyl (C=O) groups is 1. The van der Waals surface area contributed by atoms with Gasteiger partial charge < -0.3 is 9.64 Å². The van der Waals surface area contributed by atoms with Gasteiger partial charge in [-0.3, -0.25) is 10.5 Å². The molecule has 8 nitrogen and oxygen atoms in total. The fourth-order valence-electron chi connectivity index (χ4n) is 3.36. The van der Waals surface area contributed by atoms with Crippen LogP contribution in [0.25, 0.3) is 0 Å². The van der Waals surface area contributed by atoms with Gasteiger partial charge in [-0.25, -0.2) is 15.3 Å². The van der Waals surface area contributed by atoms with Crippen LogP contribution in [0.2, 0.25) is 0 Å². The fraction of sp³-hybridized carbons (Fsp3) is 0.167. The van der Waals surface area contributed by atoms with Gasteiger partial charge in [-0.05, 0) is 24.3 Å². The molecule has 0 saturated carbocycles. The van der Waals surface area contributed by atoms with Crippen molar-refractivity contribution < 1.29 is 19.5 Å². The number of amides is 1. The molecule has 2 heterocycles. The maximum absolute atomic E-state index is 13.0. The van der Waals surface area contributed by atoms with E-state index in [1.54, 1.807) is 19.1 Å². The highest BCUT2D eigenvalue weighted by atomic mass is 16.5. The Morgan fingerprint density at radius 1 is 1.15 bits per heavy atom. The van der Waals surface area contributed by atoms with Gasteiger partial charge in [0, 0.05) is 7.05 Å². The second-order valence-electron chi connectivity index (χ2n) is 6.12. The number of hydrogen-bond donors (Lipinski definition) is 5. The first kappa shape index (κ1) is 15.9. The second-order valence-corrected chi connectivity index (χ2v) is 6.12. The van der Waals surface area contributed by atoms with Crippen LogP contribution in [0.15, 0.2) is 48.5 Å². The third-order valence-corrected chi connectivity index (χ3v) is 4.56. The first-order chi connectivity index (χ1) is 12.5. The number of para-hydroxylation sites is 3. The maximum Gasteiger partial charge on any atom is 0.361 e. The highest BCUT2D eigenvalue weighted by Gasteiger charge is 2.55. The second kappa shape index (κ2) is 5.76. The summed E-state index contributed by atoms with van der Waals surface area (Å²) in [5.41, 5.74) is 7.25. The number of carbonyl (C=O) groups excluding carboxylic acids is 1. The Labute approximate surface area is 150 Å². The van der Waals surface area contributed by atoms with Crippen LogP contribution in [0.3, 0.4) is 0 Å². The lowest BCUT2D eigenvalue weighted by Gasteiger charge is -2.22. The van der Waals surface area contributed by atoms with Crippen molar-refractivity contribution in [1.82, 2.24) is 5.32 Å². The van der Waals surface area contributed by atoms with E-state index in [0.717, 1.165) is 16.9 Å². The minimum absolute atomic E-state index is 0.150. The van der Waals surface area contributed by atoms with Crippen LogP contribution in [0.1, 0.15) is 5.56 Å². The number of rotatable bonds is 2. The fourth-order valence-corrected chi connectivity index (χ4v) is 3.36. The zero-order valence-corrected chi connectivity index (χ0v) is 14.5. The van der Waals surface area contributed by atoms with Crippen LogP contribution >= 0.6 is 0 Å². The number of nitrogens with two attached hydrogens (primary N) is 1. The molecule has 1 spiro atoms. The molecule has 0 aromatic heterocycles. The molecule has 2 aliphatic heterocycles. The number of benzene rings is 2. The normalized spacial score (nSPS) is 21.0. The molecule has 6 N–H and O–H groups in total. The Morgan fingerprint density at radius 2 is 1.88 bits per heavy atom. The molecule has 0 aliphatic carbocycles. The third kappa shape index (κ3) is 2.26. The first-order valence-electron chi connectivity index (χ1n) is 8.15. The largest absolute Gasteiger partial charge is 0.493 e. The summed E-state index contributed by atoms with van der Waals surface area (Å²) in [4.78, 5) is 20.9. The van der Waals surface area contributed by atoms with Gasteiger partial charge >= 0.3 is 23.5 Å². The molecule has 4 rings (SSSR count). The van der Waals surface area contributed by atoms with Gasteiger partial charge in [-0.1, -0.05) is 24.3 Å². The summed E-state index contributed by atoms with van der Waals surface area (Å²) in [5.74, 6) is 1.26.